The fourth-order valence-electron chi connectivity index (χ4n) is 3.04. The zero-order valence-electron chi connectivity index (χ0n) is 14.0. The van der Waals surface area contributed by atoms with Crippen LogP contribution in [0.5, 0.6) is 0 Å². The molecule has 0 aromatic heterocycles. The van der Waals surface area contributed by atoms with E-state index in [1.54, 1.807) is 6.92 Å². The van der Waals surface area contributed by atoms with Gasteiger partial charge >= 0.3 is 5.97 Å². The Morgan fingerprint density at radius 3 is 1.36 bits per heavy atom. The number of carbonyl (C=O) groups is 1. The summed E-state index contributed by atoms with van der Waals surface area (Å²) in [5, 5.41) is 9.46. The number of hydrogen-bond acceptors (Lipinski definition) is 2. The van der Waals surface area contributed by atoms with Gasteiger partial charge in [0.15, 0.2) is 6.10 Å². The first-order valence-electron chi connectivity index (χ1n) is 8.22. The van der Waals surface area contributed by atoms with E-state index in [-0.39, 0.29) is 0 Å². The lowest BCUT2D eigenvalue weighted by Crippen LogP contribution is -2.38. The van der Waals surface area contributed by atoms with Crippen LogP contribution < -0.4 is 0 Å². The molecule has 0 aliphatic rings. The summed E-state index contributed by atoms with van der Waals surface area (Å²) in [5.41, 5.74) is 1.67. The summed E-state index contributed by atoms with van der Waals surface area (Å²) in [6, 6.07) is 29.2. The smallest absolute Gasteiger partial charge is 0.332 e. The maximum atomic E-state index is 11.5. The minimum atomic E-state index is -0.998. The van der Waals surface area contributed by atoms with E-state index >= 15 is 0 Å². The van der Waals surface area contributed by atoms with Crippen LogP contribution in [0.1, 0.15) is 23.6 Å². The number of carboxylic acids is 1. The Morgan fingerprint density at radius 1 is 0.760 bits per heavy atom. The van der Waals surface area contributed by atoms with E-state index in [2.05, 4.69) is 0 Å². The largest absolute Gasteiger partial charge is 0.479 e. The number of carboxylic acid groups (broad SMARTS) is 1. The molecule has 0 aliphatic heterocycles. The van der Waals surface area contributed by atoms with Crippen molar-refractivity contribution in [2.75, 3.05) is 0 Å². The van der Waals surface area contributed by atoms with Crippen molar-refractivity contribution >= 4 is 5.97 Å². The molecule has 0 fully saturated rings. The lowest BCUT2D eigenvalue weighted by Gasteiger charge is -2.37. The van der Waals surface area contributed by atoms with Gasteiger partial charge in [0.05, 0.1) is 0 Å². The van der Waals surface area contributed by atoms with Crippen LogP contribution in [-0.2, 0) is 15.1 Å². The molecule has 0 aliphatic carbocycles. The molecule has 0 bridgehead atoms. The molecule has 3 heteroatoms. The van der Waals surface area contributed by atoms with Gasteiger partial charge in [0.1, 0.15) is 5.60 Å². The van der Waals surface area contributed by atoms with Crippen molar-refractivity contribution in [2.24, 2.45) is 0 Å². The Kier molecular flexibility index (Phi) is 4.96. The standard InChI is InChI=1S/C22H20O3/c1-17(21(23)24)25-22(18-11-5-2-6-12-18,19-13-7-3-8-14-19)20-15-9-4-10-16-20/h2-17H,1H3,(H,23,24)/t17-/m0/s1. The number of aliphatic carboxylic acids is 1. The second-order valence-electron chi connectivity index (χ2n) is 5.88. The highest BCUT2D eigenvalue weighted by atomic mass is 16.5. The van der Waals surface area contributed by atoms with Crippen LogP contribution in [0, 0.1) is 0 Å². The predicted molar refractivity (Wildman–Crippen MR) is 97.4 cm³/mol. The van der Waals surface area contributed by atoms with E-state index in [0.717, 1.165) is 16.7 Å². The Hall–Kier alpha value is -2.91. The average molecular weight is 332 g/mol. The van der Waals surface area contributed by atoms with Crippen molar-refractivity contribution in [3.8, 4) is 0 Å². The summed E-state index contributed by atoms with van der Waals surface area (Å²) in [4.78, 5) is 11.5. The monoisotopic (exact) mass is 332 g/mol. The molecule has 126 valence electrons. The molecule has 25 heavy (non-hydrogen) atoms. The molecular weight excluding hydrogens is 312 g/mol. The van der Waals surface area contributed by atoms with Crippen molar-refractivity contribution < 1.29 is 14.6 Å². The molecule has 3 aromatic carbocycles. The molecule has 1 N–H and O–H groups in total. The molecule has 0 spiro atoms. The summed E-state index contributed by atoms with van der Waals surface area (Å²) in [7, 11) is 0. The second-order valence-corrected chi connectivity index (χ2v) is 5.88. The third kappa shape index (κ3) is 3.32. The molecule has 3 aromatic rings. The molecule has 1 atom stereocenters. The first-order chi connectivity index (χ1) is 12.1. The minimum absolute atomic E-state index is 0.889. The van der Waals surface area contributed by atoms with Crippen LogP contribution in [0.25, 0.3) is 0 Å². The molecule has 0 unspecified atom stereocenters. The summed E-state index contributed by atoms with van der Waals surface area (Å²) in [5.74, 6) is -0.993. The van der Waals surface area contributed by atoms with Crippen molar-refractivity contribution in [1.29, 1.82) is 0 Å². The summed E-state index contributed by atoms with van der Waals surface area (Å²) in [6.45, 7) is 1.56. The van der Waals surface area contributed by atoms with Crippen molar-refractivity contribution in [1.82, 2.24) is 0 Å². The van der Waals surface area contributed by atoms with Gasteiger partial charge in [-0.05, 0) is 23.6 Å². The van der Waals surface area contributed by atoms with Gasteiger partial charge in [-0.15, -0.1) is 0 Å². The molecule has 0 heterocycles. The van der Waals surface area contributed by atoms with E-state index in [1.807, 2.05) is 91.0 Å². The van der Waals surface area contributed by atoms with Gasteiger partial charge in [0.25, 0.3) is 0 Å². The number of rotatable bonds is 6. The number of benzene rings is 3. The zero-order chi connectivity index (χ0) is 17.7. The number of hydrogen-bond donors (Lipinski definition) is 1. The summed E-state index contributed by atoms with van der Waals surface area (Å²) < 4.78 is 6.26. The SMILES string of the molecule is C[C@H](OC(c1ccccc1)(c1ccccc1)c1ccccc1)C(=O)O. The van der Waals surface area contributed by atoms with Crippen molar-refractivity contribution in [3.63, 3.8) is 0 Å². The van der Waals surface area contributed by atoms with Gasteiger partial charge in [-0.3, -0.25) is 0 Å². The Balaban J connectivity index is 2.29. The van der Waals surface area contributed by atoms with Gasteiger partial charge in [0, 0.05) is 0 Å². The number of ether oxygens (including phenoxy) is 1. The minimum Gasteiger partial charge on any atom is -0.479 e. The van der Waals surface area contributed by atoms with Crippen LogP contribution in [0.4, 0.5) is 0 Å². The third-order valence-corrected chi connectivity index (χ3v) is 4.24. The normalized spacial score (nSPS) is 12.5. The lowest BCUT2D eigenvalue weighted by molar-refractivity contribution is -0.156. The molecule has 0 radical (unpaired) electrons. The summed E-state index contributed by atoms with van der Waals surface area (Å²) in [6.07, 6.45) is -0.972. The van der Waals surface area contributed by atoms with Gasteiger partial charge in [-0.2, -0.15) is 0 Å². The fourth-order valence-corrected chi connectivity index (χ4v) is 3.04. The van der Waals surface area contributed by atoms with E-state index in [4.69, 9.17) is 4.74 Å². The predicted octanol–water partition coefficient (Wildman–Crippen LogP) is 4.47. The lowest BCUT2D eigenvalue weighted by atomic mass is 9.80. The Bertz CT molecular complexity index is 717. The van der Waals surface area contributed by atoms with Crippen LogP contribution in [0.3, 0.4) is 0 Å². The quantitative estimate of drug-likeness (QED) is 0.678. The van der Waals surface area contributed by atoms with Crippen LogP contribution in [0.2, 0.25) is 0 Å². The highest BCUT2D eigenvalue weighted by Gasteiger charge is 2.40. The molecule has 3 nitrogen and oxygen atoms in total. The zero-order valence-corrected chi connectivity index (χ0v) is 14.0. The van der Waals surface area contributed by atoms with E-state index < -0.39 is 17.7 Å². The van der Waals surface area contributed by atoms with Gasteiger partial charge < -0.3 is 9.84 Å². The highest BCUT2D eigenvalue weighted by molar-refractivity contribution is 5.72. The van der Waals surface area contributed by atoms with Gasteiger partial charge in [-0.1, -0.05) is 91.0 Å². The third-order valence-electron chi connectivity index (χ3n) is 4.24. The molecular formula is C22H20O3. The van der Waals surface area contributed by atoms with Gasteiger partial charge in [0.2, 0.25) is 0 Å². The van der Waals surface area contributed by atoms with E-state index in [1.165, 1.54) is 0 Å². The van der Waals surface area contributed by atoms with Crippen LogP contribution in [0.15, 0.2) is 91.0 Å². The summed E-state index contributed by atoms with van der Waals surface area (Å²) >= 11 is 0. The van der Waals surface area contributed by atoms with E-state index in [0.29, 0.717) is 0 Å². The molecule has 0 saturated carbocycles. The van der Waals surface area contributed by atoms with Crippen molar-refractivity contribution in [3.05, 3.63) is 108 Å². The van der Waals surface area contributed by atoms with Crippen LogP contribution >= 0.6 is 0 Å². The van der Waals surface area contributed by atoms with Gasteiger partial charge in [-0.25, -0.2) is 4.79 Å². The van der Waals surface area contributed by atoms with Crippen LogP contribution in [-0.4, -0.2) is 17.2 Å². The topological polar surface area (TPSA) is 46.5 Å². The van der Waals surface area contributed by atoms with E-state index in [9.17, 15) is 9.90 Å². The maximum absolute atomic E-state index is 11.5. The molecule has 0 saturated heterocycles. The maximum Gasteiger partial charge on any atom is 0.332 e. The Morgan fingerprint density at radius 2 is 1.08 bits per heavy atom. The highest BCUT2D eigenvalue weighted by Crippen LogP contribution is 2.41. The fraction of sp³-hybridized carbons (Fsp3) is 0.136. The first kappa shape index (κ1) is 16.9. The molecule has 3 rings (SSSR count). The molecule has 0 amide bonds. The first-order valence-corrected chi connectivity index (χ1v) is 8.22. The average Bonchev–Trinajstić information content (AvgIpc) is 2.68. The van der Waals surface area contributed by atoms with Crippen molar-refractivity contribution in [2.45, 2.75) is 18.6 Å². The Labute approximate surface area is 147 Å². The second kappa shape index (κ2) is 7.32.